The van der Waals surface area contributed by atoms with Gasteiger partial charge in [0.2, 0.25) is 0 Å². The van der Waals surface area contributed by atoms with Gasteiger partial charge in [0.15, 0.2) is 8.07 Å². The molecule has 0 spiro atoms. The lowest BCUT2D eigenvalue weighted by Gasteiger charge is -2.33. The maximum Gasteiger partial charge on any atom is 0.181 e. The van der Waals surface area contributed by atoms with E-state index in [1.807, 2.05) is 12.1 Å². The monoisotopic (exact) mass is 456 g/mol. The van der Waals surface area contributed by atoms with E-state index in [-0.39, 0.29) is 5.82 Å². The van der Waals surface area contributed by atoms with E-state index >= 15 is 0 Å². The van der Waals surface area contributed by atoms with Gasteiger partial charge in [-0.3, -0.25) is 0 Å². The Bertz CT molecular complexity index is 1450. The van der Waals surface area contributed by atoms with Crippen LogP contribution in [0.5, 0.6) is 0 Å². The second-order valence-corrected chi connectivity index (χ2v) is 13.0. The molecule has 0 unspecified atom stereocenters. The van der Waals surface area contributed by atoms with Gasteiger partial charge in [-0.1, -0.05) is 114 Å². The van der Waals surface area contributed by atoms with Crippen molar-refractivity contribution in [1.29, 1.82) is 0 Å². The van der Waals surface area contributed by atoms with Crippen LogP contribution in [0.3, 0.4) is 0 Å². The highest BCUT2D eigenvalue weighted by Gasteiger charge is 2.49. The van der Waals surface area contributed by atoms with Gasteiger partial charge in [-0.25, -0.2) is 4.39 Å². The summed E-state index contributed by atoms with van der Waals surface area (Å²) in [6.45, 7) is 4.29. The molecule has 0 radical (unpaired) electrons. The number of fused-ring (bicyclic) bond motifs is 3. The third-order valence-electron chi connectivity index (χ3n) is 7.19. The van der Waals surface area contributed by atoms with Crippen molar-refractivity contribution in [2.45, 2.75) is 13.8 Å². The van der Waals surface area contributed by atoms with Gasteiger partial charge in [0.25, 0.3) is 0 Å². The van der Waals surface area contributed by atoms with E-state index in [0.717, 1.165) is 5.56 Å². The average Bonchev–Trinajstić information content (AvgIpc) is 3.17. The maximum absolute atomic E-state index is 13.9. The van der Waals surface area contributed by atoms with E-state index in [1.54, 1.807) is 12.1 Å². The lowest BCUT2D eigenvalue weighted by molar-refractivity contribution is 0.628. The van der Waals surface area contributed by atoms with Crippen LogP contribution in [0.15, 0.2) is 115 Å². The maximum atomic E-state index is 13.9. The van der Waals surface area contributed by atoms with Crippen LogP contribution in [0.25, 0.3) is 22.3 Å². The number of benzene rings is 5. The van der Waals surface area contributed by atoms with Gasteiger partial charge in [0, 0.05) is 0 Å². The van der Waals surface area contributed by atoms with E-state index in [2.05, 4.69) is 105 Å². The second kappa shape index (κ2) is 7.93. The molecular formula is C32H25FSi. The largest absolute Gasteiger partial charge is 0.207 e. The van der Waals surface area contributed by atoms with Crippen LogP contribution >= 0.6 is 0 Å². The molecule has 0 atom stereocenters. The van der Waals surface area contributed by atoms with Crippen molar-refractivity contribution in [2.24, 2.45) is 0 Å². The van der Waals surface area contributed by atoms with Crippen molar-refractivity contribution >= 4 is 28.8 Å². The molecule has 0 aliphatic carbocycles. The molecule has 0 amide bonds. The summed E-state index contributed by atoms with van der Waals surface area (Å²) in [7, 11) is -2.61. The summed E-state index contributed by atoms with van der Waals surface area (Å²) in [5.41, 5.74) is 7.38. The van der Waals surface area contributed by atoms with Crippen molar-refractivity contribution in [1.82, 2.24) is 0 Å². The molecule has 164 valence electrons. The summed E-state index contributed by atoms with van der Waals surface area (Å²) in [5.74, 6) is -0.208. The molecule has 0 saturated heterocycles. The number of hydrogen-bond donors (Lipinski definition) is 0. The highest BCUT2D eigenvalue weighted by molar-refractivity contribution is 7.22. The molecule has 2 heteroatoms. The fourth-order valence-corrected chi connectivity index (χ4v) is 11.0. The molecular weight excluding hydrogens is 431 g/mol. The molecule has 0 N–H and O–H groups in total. The smallest absolute Gasteiger partial charge is 0.181 e. The Morgan fingerprint density at radius 2 is 1.03 bits per heavy atom. The van der Waals surface area contributed by atoms with Gasteiger partial charge in [-0.15, -0.1) is 0 Å². The molecule has 0 aromatic heterocycles. The minimum absolute atomic E-state index is 0.208. The summed E-state index contributed by atoms with van der Waals surface area (Å²) < 4.78 is 13.9. The lowest BCUT2D eigenvalue weighted by atomic mass is 9.99. The fourth-order valence-electron chi connectivity index (χ4n) is 5.60. The quantitative estimate of drug-likeness (QED) is 0.310. The molecule has 1 aliphatic heterocycles. The van der Waals surface area contributed by atoms with Crippen LogP contribution in [0.2, 0.25) is 0 Å². The van der Waals surface area contributed by atoms with E-state index in [9.17, 15) is 4.39 Å². The number of rotatable bonds is 3. The van der Waals surface area contributed by atoms with E-state index in [0.29, 0.717) is 0 Å². The average molecular weight is 457 g/mol. The highest BCUT2D eigenvalue weighted by Crippen LogP contribution is 2.33. The van der Waals surface area contributed by atoms with E-state index < -0.39 is 8.07 Å². The SMILES string of the molecule is Cc1ccc([Si]2(c3ccc(C)cc3)c3ccccc3-c3cccc(-c4ccc(F)cc4)c32)cc1. The molecule has 0 saturated carbocycles. The fraction of sp³-hybridized carbons (Fsp3) is 0.0625. The van der Waals surface area contributed by atoms with Crippen molar-refractivity contribution < 1.29 is 4.39 Å². The van der Waals surface area contributed by atoms with Crippen LogP contribution in [-0.2, 0) is 0 Å². The normalized spacial score (nSPS) is 13.4. The van der Waals surface area contributed by atoms with Crippen LogP contribution in [0.4, 0.5) is 4.39 Å². The van der Waals surface area contributed by atoms with Gasteiger partial charge in [-0.05, 0) is 69.0 Å². The Kier molecular flexibility index (Phi) is 4.86. The van der Waals surface area contributed by atoms with Gasteiger partial charge >= 0.3 is 0 Å². The highest BCUT2D eigenvalue weighted by atomic mass is 28.3. The zero-order valence-electron chi connectivity index (χ0n) is 19.3. The van der Waals surface area contributed by atoms with Gasteiger partial charge in [0.1, 0.15) is 5.82 Å². The van der Waals surface area contributed by atoms with Crippen LogP contribution in [-0.4, -0.2) is 8.07 Å². The summed E-state index contributed by atoms with van der Waals surface area (Å²) in [5, 5.41) is 5.58. The molecule has 0 nitrogen and oxygen atoms in total. The van der Waals surface area contributed by atoms with Crippen LogP contribution in [0, 0.1) is 19.7 Å². The first kappa shape index (κ1) is 20.8. The summed E-state index contributed by atoms with van der Waals surface area (Å²) in [4.78, 5) is 0. The predicted molar refractivity (Wildman–Crippen MR) is 144 cm³/mol. The molecule has 1 aliphatic rings. The van der Waals surface area contributed by atoms with Gasteiger partial charge in [0.05, 0.1) is 0 Å². The standard InChI is InChI=1S/C32H25FSi/c1-22-10-18-26(19-11-22)34(27-20-12-23(2)13-21-27)31-9-4-3-6-29(31)30-8-5-7-28(32(30)34)24-14-16-25(33)17-15-24/h3-21H,1-2H3. The minimum atomic E-state index is -2.61. The Morgan fingerprint density at radius 1 is 0.500 bits per heavy atom. The first-order valence-corrected chi connectivity index (χ1v) is 13.7. The van der Waals surface area contributed by atoms with Crippen molar-refractivity contribution in [3.8, 4) is 22.3 Å². The van der Waals surface area contributed by atoms with Gasteiger partial charge in [-0.2, -0.15) is 0 Å². The van der Waals surface area contributed by atoms with Gasteiger partial charge < -0.3 is 0 Å². The first-order chi connectivity index (χ1) is 16.6. The number of aryl methyl sites for hydroxylation is 2. The topological polar surface area (TPSA) is 0 Å². The number of halogens is 1. The molecule has 0 fully saturated rings. The molecule has 34 heavy (non-hydrogen) atoms. The lowest BCUT2D eigenvalue weighted by Crippen LogP contribution is -2.73. The third-order valence-corrected chi connectivity index (χ3v) is 12.1. The van der Waals surface area contributed by atoms with Crippen molar-refractivity contribution in [3.05, 3.63) is 132 Å². The summed E-state index contributed by atoms with van der Waals surface area (Å²) in [6, 6.07) is 40.7. The second-order valence-electron chi connectivity index (χ2n) is 9.26. The summed E-state index contributed by atoms with van der Waals surface area (Å²) in [6.07, 6.45) is 0. The van der Waals surface area contributed by atoms with Crippen molar-refractivity contribution in [3.63, 3.8) is 0 Å². The number of hydrogen-bond acceptors (Lipinski definition) is 0. The Morgan fingerprint density at radius 3 is 1.65 bits per heavy atom. The minimum Gasteiger partial charge on any atom is -0.207 e. The zero-order chi connectivity index (χ0) is 23.3. The molecule has 5 aromatic rings. The van der Waals surface area contributed by atoms with Crippen molar-refractivity contribution in [2.75, 3.05) is 0 Å². The van der Waals surface area contributed by atoms with E-state index in [4.69, 9.17) is 0 Å². The molecule has 5 aromatic carbocycles. The molecule has 1 heterocycles. The first-order valence-electron chi connectivity index (χ1n) is 11.7. The summed E-state index contributed by atoms with van der Waals surface area (Å²) >= 11 is 0. The Labute approximate surface area is 201 Å². The predicted octanol–water partition coefficient (Wildman–Crippen LogP) is 5.47. The van der Waals surface area contributed by atoms with E-state index in [1.165, 1.54) is 48.6 Å². The molecule has 0 bridgehead atoms. The third kappa shape index (κ3) is 3.03. The Hall–Kier alpha value is -3.75. The van der Waals surface area contributed by atoms with Crippen LogP contribution < -0.4 is 20.7 Å². The van der Waals surface area contributed by atoms with Crippen LogP contribution in [0.1, 0.15) is 11.1 Å². The molecule has 6 rings (SSSR count). The zero-order valence-corrected chi connectivity index (χ0v) is 20.3. The Balaban J connectivity index is 1.79.